The molecule has 0 fully saturated rings. The molecule has 1 aromatic rings. The normalized spacial score (nSPS) is 22.5. The van der Waals surface area contributed by atoms with E-state index in [4.69, 9.17) is 0 Å². The first-order valence-electron chi connectivity index (χ1n) is 6.05. The van der Waals surface area contributed by atoms with Crippen LogP contribution in [0.1, 0.15) is 18.1 Å². The Kier molecular flexibility index (Phi) is 3.75. The van der Waals surface area contributed by atoms with E-state index in [1.165, 1.54) is 11.8 Å². The second-order valence-electron chi connectivity index (χ2n) is 4.91. The lowest BCUT2D eigenvalue weighted by Gasteiger charge is -2.39. The predicted octanol–water partition coefficient (Wildman–Crippen LogP) is 0.796. The number of fused-ring (bicyclic) bond motifs is 1. The highest BCUT2D eigenvalue weighted by molar-refractivity contribution is 7.91. The standard InChI is InChI=1S/C13H19NO3S/c1-10(18(2,16)17)14-8-12-6-4-3-5-11(12)7-13(14)9-15/h3-6,10,13,15H,7-9H2,1-2H3. The molecule has 2 rings (SSSR count). The van der Waals surface area contributed by atoms with Crippen molar-refractivity contribution in [3.05, 3.63) is 35.4 Å². The van der Waals surface area contributed by atoms with E-state index in [0.717, 1.165) is 5.56 Å². The molecule has 0 bridgehead atoms. The summed E-state index contributed by atoms with van der Waals surface area (Å²) in [7, 11) is -3.13. The highest BCUT2D eigenvalue weighted by Gasteiger charge is 2.33. The van der Waals surface area contributed by atoms with Gasteiger partial charge in [-0.15, -0.1) is 0 Å². The molecule has 0 aliphatic carbocycles. The number of hydrogen-bond donors (Lipinski definition) is 1. The molecule has 100 valence electrons. The van der Waals surface area contributed by atoms with Gasteiger partial charge in [-0.1, -0.05) is 24.3 Å². The molecule has 18 heavy (non-hydrogen) atoms. The smallest absolute Gasteiger partial charge is 0.163 e. The lowest BCUT2D eigenvalue weighted by molar-refractivity contribution is 0.0982. The van der Waals surface area contributed by atoms with Gasteiger partial charge in [0.15, 0.2) is 9.84 Å². The summed E-state index contributed by atoms with van der Waals surface area (Å²) in [5, 5.41) is 8.90. The first-order valence-corrected chi connectivity index (χ1v) is 8.01. The van der Waals surface area contributed by atoms with Crippen LogP contribution in [-0.4, -0.2) is 42.7 Å². The van der Waals surface area contributed by atoms with Crippen molar-refractivity contribution in [2.75, 3.05) is 12.9 Å². The molecule has 1 N–H and O–H groups in total. The van der Waals surface area contributed by atoms with E-state index in [2.05, 4.69) is 0 Å². The Morgan fingerprint density at radius 1 is 1.39 bits per heavy atom. The Labute approximate surface area is 108 Å². The van der Waals surface area contributed by atoms with E-state index in [1.54, 1.807) is 6.92 Å². The molecule has 0 spiro atoms. The fourth-order valence-corrected chi connectivity index (χ4v) is 3.19. The molecular weight excluding hydrogens is 250 g/mol. The van der Waals surface area contributed by atoms with Gasteiger partial charge in [0.05, 0.1) is 6.61 Å². The van der Waals surface area contributed by atoms with E-state index in [0.29, 0.717) is 13.0 Å². The number of nitrogens with zero attached hydrogens (tertiary/aromatic N) is 1. The molecule has 4 nitrogen and oxygen atoms in total. The van der Waals surface area contributed by atoms with Crippen molar-refractivity contribution in [1.29, 1.82) is 0 Å². The van der Waals surface area contributed by atoms with Gasteiger partial charge in [-0.25, -0.2) is 8.42 Å². The van der Waals surface area contributed by atoms with Crippen molar-refractivity contribution in [2.24, 2.45) is 0 Å². The van der Waals surface area contributed by atoms with Gasteiger partial charge in [-0.3, -0.25) is 4.90 Å². The van der Waals surface area contributed by atoms with E-state index in [-0.39, 0.29) is 12.6 Å². The molecule has 0 aromatic heterocycles. The van der Waals surface area contributed by atoms with E-state index in [9.17, 15) is 13.5 Å². The number of sulfone groups is 1. The van der Waals surface area contributed by atoms with Gasteiger partial charge in [-0.2, -0.15) is 0 Å². The van der Waals surface area contributed by atoms with Crippen LogP contribution in [0.25, 0.3) is 0 Å². The largest absolute Gasteiger partial charge is 0.395 e. The second-order valence-corrected chi connectivity index (χ2v) is 7.25. The van der Waals surface area contributed by atoms with Crippen molar-refractivity contribution < 1.29 is 13.5 Å². The van der Waals surface area contributed by atoms with Crippen molar-refractivity contribution in [2.45, 2.75) is 31.3 Å². The zero-order valence-electron chi connectivity index (χ0n) is 10.7. The number of hydrogen-bond acceptors (Lipinski definition) is 4. The topological polar surface area (TPSA) is 57.6 Å². The quantitative estimate of drug-likeness (QED) is 0.881. The van der Waals surface area contributed by atoms with Gasteiger partial charge in [0.25, 0.3) is 0 Å². The third kappa shape index (κ3) is 2.58. The number of benzene rings is 1. The van der Waals surface area contributed by atoms with Crippen LogP contribution in [0, 0.1) is 0 Å². The molecule has 2 atom stereocenters. The molecule has 0 saturated heterocycles. The minimum Gasteiger partial charge on any atom is -0.395 e. The molecular formula is C13H19NO3S. The molecule has 2 unspecified atom stereocenters. The van der Waals surface area contributed by atoms with Gasteiger partial charge in [0.1, 0.15) is 5.37 Å². The summed E-state index contributed by atoms with van der Waals surface area (Å²) >= 11 is 0. The fraction of sp³-hybridized carbons (Fsp3) is 0.538. The van der Waals surface area contributed by atoms with Crippen molar-refractivity contribution in [3.63, 3.8) is 0 Å². The number of rotatable bonds is 3. The van der Waals surface area contributed by atoms with Crippen LogP contribution in [0.2, 0.25) is 0 Å². The van der Waals surface area contributed by atoms with Crippen LogP contribution in [-0.2, 0) is 22.8 Å². The zero-order valence-corrected chi connectivity index (χ0v) is 11.5. The van der Waals surface area contributed by atoms with Crippen LogP contribution < -0.4 is 0 Å². The number of aliphatic hydroxyl groups is 1. The summed E-state index contributed by atoms with van der Waals surface area (Å²) < 4.78 is 23.4. The van der Waals surface area contributed by atoms with E-state index < -0.39 is 15.2 Å². The summed E-state index contributed by atoms with van der Waals surface area (Å²) in [6, 6.07) is 7.88. The average molecular weight is 269 g/mol. The summed E-state index contributed by atoms with van der Waals surface area (Å²) in [6.07, 6.45) is 1.94. The van der Waals surface area contributed by atoms with Crippen molar-refractivity contribution in [3.8, 4) is 0 Å². The molecule has 1 heterocycles. The fourth-order valence-electron chi connectivity index (χ4n) is 2.45. The molecule has 1 aromatic carbocycles. The van der Waals surface area contributed by atoms with Crippen LogP contribution in [0.15, 0.2) is 24.3 Å². The Balaban J connectivity index is 2.32. The van der Waals surface area contributed by atoms with Crippen LogP contribution >= 0.6 is 0 Å². The highest BCUT2D eigenvalue weighted by Crippen LogP contribution is 2.26. The number of aliphatic hydroxyl groups excluding tert-OH is 1. The second kappa shape index (κ2) is 4.99. The molecule has 0 radical (unpaired) electrons. The maximum absolute atomic E-state index is 11.7. The van der Waals surface area contributed by atoms with E-state index in [1.807, 2.05) is 29.2 Å². The molecule has 5 heteroatoms. The maximum atomic E-state index is 11.7. The summed E-state index contributed by atoms with van der Waals surface area (Å²) in [5.41, 5.74) is 2.35. The minimum absolute atomic E-state index is 0.0196. The van der Waals surface area contributed by atoms with Crippen molar-refractivity contribution in [1.82, 2.24) is 4.90 Å². The van der Waals surface area contributed by atoms with Crippen molar-refractivity contribution >= 4 is 9.84 Å². The summed E-state index contributed by atoms with van der Waals surface area (Å²) in [5.74, 6) is 0. The first-order chi connectivity index (χ1) is 8.43. The SMILES string of the molecule is CC(N1Cc2ccccc2CC1CO)S(C)(=O)=O. The van der Waals surface area contributed by atoms with Gasteiger partial charge in [0.2, 0.25) is 0 Å². The van der Waals surface area contributed by atoms with Crippen LogP contribution in [0.5, 0.6) is 0 Å². The summed E-state index contributed by atoms with van der Waals surface area (Å²) in [6.45, 7) is 2.25. The Morgan fingerprint density at radius 2 is 2.00 bits per heavy atom. The lowest BCUT2D eigenvalue weighted by Crippen LogP contribution is -2.49. The van der Waals surface area contributed by atoms with Gasteiger partial charge >= 0.3 is 0 Å². The Morgan fingerprint density at radius 3 is 2.56 bits per heavy atom. The molecule has 1 aliphatic rings. The first kappa shape index (κ1) is 13.5. The monoisotopic (exact) mass is 269 g/mol. The average Bonchev–Trinajstić information content (AvgIpc) is 2.35. The third-order valence-electron chi connectivity index (χ3n) is 3.69. The molecule has 0 amide bonds. The minimum atomic E-state index is -3.13. The Bertz CT molecular complexity index is 527. The van der Waals surface area contributed by atoms with Crippen LogP contribution in [0.3, 0.4) is 0 Å². The van der Waals surface area contributed by atoms with Gasteiger partial charge in [0, 0.05) is 18.8 Å². The molecule has 1 aliphatic heterocycles. The van der Waals surface area contributed by atoms with Gasteiger partial charge < -0.3 is 5.11 Å². The third-order valence-corrected chi connectivity index (χ3v) is 5.20. The summed E-state index contributed by atoms with van der Waals surface area (Å²) in [4.78, 5) is 1.87. The van der Waals surface area contributed by atoms with Gasteiger partial charge in [-0.05, 0) is 24.5 Å². The highest BCUT2D eigenvalue weighted by atomic mass is 32.2. The lowest BCUT2D eigenvalue weighted by atomic mass is 9.94. The predicted molar refractivity (Wildman–Crippen MR) is 70.9 cm³/mol. The molecule has 0 saturated carbocycles. The Hall–Kier alpha value is -0.910. The van der Waals surface area contributed by atoms with Crippen LogP contribution in [0.4, 0.5) is 0 Å². The maximum Gasteiger partial charge on any atom is 0.163 e. The van der Waals surface area contributed by atoms with E-state index >= 15 is 0 Å². The zero-order chi connectivity index (χ0) is 13.3.